The Morgan fingerprint density at radius 3 is 3.05 bits per heavy atom. The number of aliphatic carboxylic acids is 1. The van der Waals surface area contributed by atoms with Crippen molar-refractivity contribution in [3.63, 3.8) is 0 Å². The average molecular weight is 289 g/mol. The summed E-state index contributed by atoms with van der Waals surface area (Å²) in [6, 6.07) is 6.27. The van der Waals surface area contributed by atoms with E-state index < -0.39 is 5.97 Å². The molecule has 0 bridgehead atoms. The van der Waals surface area contributed by atoms with Crippen molar-refractivity contribution in [1.29, 1.82) is 0 Å². The van der Waals surface area contributed by atoms with E-state index >= 15 is 0 Å². The molecule has 0 radical (unpaired) electrons. The van der Waals surface area contributed by atoms with Crippen LogP contribution in [0.5, 0.6) is 0 Å². The summed E-state index contributed by atoms with van der Waals surface area (Å²) in [7, 11) is 0. The molecule has 0 atom stereocenters. The minimum atomic E-state index is -0.848. The summed E-state index contributed by atoms with van der Waals surface area (Å²) in [5.74, 6) is -0.854. The fraction of sp³-hybridized carbons (Fsp3) is 0.357. The number of aromatic nitrogens is 3. The van der Waals surface area contributed by atoms with Gasteiger partial charge in [0.15, 0.2) is 5.16 Å². The van der Waals surface area contributed by atoms with Crippen LogP contribution in [-0.4, -0.2) is 31.6 Å². The van der Waals surface area contributed by atoms with Crippen LogP contribution in [0.1, 0.15) is 24.0 Å². The van der Waals surface area contributed by atoms with E-state index in [1.807, 2.05) is 10.6 Å². The molecule has 2 aromatic rings. The summed E-state index contributed by atoms with van der Waals surface area (Å²) >= 11 is 1.20. The third-order valence-electron chi connectivity index (χ3n) is 3.47. The Kier molecular flexibility index (Phi) is 3.73. The van der Waals surface area contributed by atoms with Gasteiger partial charge in [-0.25, -0.2) is 0 Å². The lowest BCUT2D eigenvalue weighted by Crippen LogP contribution is -2.09. The number of benzene rings is 1. The highest BCUT2D eigenvalue weighted by atomic mass is 32.2. The maximum atomic E-state index is 10.7. The molecule has 0 saturated heterocycles. The molecule has 1 heterocycles. The smallest absolute Gasteiger partial charge is 0.313 e. The quantitative estimate of drug-likeness (QED) is 0.875. The first-order chi connectivity index (χ1) is 9.75. The van der Waals surface area contributed by atoms with Crippen molar-refractivity contribution in [3.8, 4) is 5.69 Å². The van der Waals surface area contributed by atoms with Crippen LogP contribution in [0, 0.1) is 0 Å². The summed E-state index contributed by atoms with van der Waals surface area (Å²) in [5, 5.41) is 17.4. The SMILES string of the molecule is O=C(O)CSc1nncn1-c1cccc2c1CCCC2. The normalized spacial score (nSPS) is 14.0. The molecule has 0 saturated carbocycles. The van der Waals surface area contributed by atoms with Crippen molar-refractivity contribution >= 4 is 17.7 Å². The molecule has 0 unspecified atom stereocenters. The van der Waals surface area contributed by atoms with E-state index in [0.717, 1.165) is 18.5 Å². The average Bonchev–Trinajstić information content (AvgIpc) is 2.92. The van der Waals surface area contributed by atoms with Gasteiger partial charge in [-0.2, -0.15) is 0 Å². The van der Waals surface area contributed by atoms with Gasteiger partial charge in [0, 0.05) is 0 Å². The summed E-state index contributed by atoms with van der Waals surface area (Å²) in [4.78, 5) is 10.7. The third-order valence-corrected chi connectivity index (χ3v) is 4.40. The maximum absolute atomic E-state index is 10.7. The molecular weight excluding hydrogens is 274 g/mol. The number of rotatable bonds is 4. The molecule has 0 spiro atoms. The van der Waals surface area contributed by atoms with Crippen molar-refractivity contribution in [3.05, 3.63) is 35.7 Å². The van der Waals surface area contributed by atoms with E-state index in [1.54, 1.807) is 6.33 Å². The predicted octanol–water partition coefficient (Wildman–Crippen LogP) is 2.32. The highest BCUT2D eigenvalue weighted by Gasteiger charge is 2.16. The van der Waals surface area contributed by atoms with Crippen LogP contribution in [0.4, 0.5) is 0 Å². The number of aryl methyl sites for hydroxylation is 1. The number of nitrogens with zero attached hydrogens (tertiary/aromatic N) is 3. The van der Waals surface area contributed by atoms with E-state index in [4.69, 9.17) is 5.11 Å². The molecule has 1 aliphatic rings. The monoisotopic (exact) mass is 289 g/mol. The van der Waals surface area contributed by atoms with Gasteiger partial charge in [0.05, 0.1) is 11.4 Å². The molecule has 0 amide bonds. The highest BCUT2D eigenvalue weighted by Crippen LogP contribution is 2.29. The second-order valence-electron chi connectivity index (χ2n) is 4.79. The van der Waals surface area contributed by atoms with Crippen LogP contribution in [0.3, 0.4) is 0 Å². The zero-order valence-corrected chi connectivity index (χ0v) is 11.8. The van der Waals surface area contributed by atoms with Crippen LogP contribution >= 0.6 is 11.8 Å². The van der Waals surface area contributed by atoms with Gasteiger partial charge in [0.2, 0.25) is 0 Å². The first kappa shape index (κ1) is 13.2. The second-order valence-corrected chi connectivity index (χ2v) is 5.73. The van der Waals surface area contributed by atoms with Crippen molar-refractivity contribution < 1.29 is 9.90 Å². The zero-order chi connectivity index (χ0) is 13.9. The Hall–Kier alpha value is -1.82. The number of hydrogen-bond acceptors (Lipinski definition) is 4. The molecule has 20 heavy (non-hydrogen) atoms. The third kappa shape index (κ3) is 2.56. The minimum Gasteiger partial charge on any atom is -0.481 e. The fourth-order valence-corrected chi connectivity index (χ4v) is 3.24. The van der Waals surface area contributed by atoms with Crippen LogP contribution in [-0.2, 0) is 17.6 Å². The van der Waals surface area contributed by atoms with Crippen molar-refractivity contribution in [2.75, 3.05) is 5.75 Å². The Bertz CT molecular complexity index is 639. The number of carbonyl (C=O) groups is 1. The Balaban J connectivity index is 1.97. The first-order valence-corrected chi connectivity index (χ1v) is 7.60. The molecule has 1 aliphatic carbocycles. The number of carboxylic acid groups (broad SMARTS) is 1. The van der Waals surface area contributed by atoms with Gasteiger partial charge in [-0.3, -0.25) is 9.36 Å². The van der Waals surface area contributed by atoms with E-state index in [1.165, 1.54) is 35.7 Å². The molecule has 1 aromatic heterocycles. The fourth-order valence-electron chi connectivity index (χ4n) is 2.60. The second kappa shape index (κ2) is 5.66. The molecular formula is C14H15N3O2S. The lowest BCUT2D eigenvalue weighted by Gasteiger charge is -2.20. The molecule has 6 heteroatoms. The van der Waals surface area contributed by atoms with Gasteiger partial charge >= 0.3 is 5.97 Å². The standard InChI is InChI=1S/C14H15N3O2S/c18-13(19)8-20-14-16-15-9-17(14)12-7-3-5-10-4-1-2-6-11(10)12/h3,5,7,9H,1-2,4,6,8H2,(H,18,19). The Morgan fingerprint density at radius 1 is 1.35 bits per heavy atom. The van der Waals surface area contributed by atoms with Crippen LogP contribution < -0.4 is 0 Å². The van der Waals surface area contributed by atoms with Gasteiger partial charge < -0.3 is 5.11 Å². The van der Waals surface area contributed by atoms with E-state index in [9.17, 15) is 4.79 Å². The zero-order valence-electron chi connectivity index (χ0n) is 11.0. The number of hydrogen-bond donors (Lipinski definition) is 1. The Morgan fingerprint density at radius 2 is 2.20 bits per heavy atom. The lowest BCUT2D eigenvalue weighted by atomic mass is 9.90. The first-order valence-electron chi connectivity index (χ1n) is 6.61. The molecule has 3 rings (SSSR count). The van der Waals surface area contributed by atoms with Gasteiger partial charge in [-0.05, 0) is 42.9 Å². The van der Waals surface area contributed by atoms with Gasteiger partial charge in [-0.15, -0.1) is 10.2 Å². The predicted molar refractivity (Wildman–Crippen MR) is 76.4 cm³/mol. The summed E-state index contributed by atoms with van der Waals surface area (Å²) in [6.07, 6.45) is 6.27. The molecule has 0 fully saturated rings. The van der Waals surface area contributed by atoms with E-state index in [-0.39, 0.29) is 5.75 Å². The highest BCUT2D eigenvalue weighted by molar-refractivity contribution is 7.99. The summed E-state index contributed by atoms with van der Waals surface area (Å²) in [6.45, 7) is 0. The molecule has 104 valence electrons. The van der Waals surface area contributed by atoms with Crippen LogP contribution in [0.2, 0.25) is 0 Å². The van der Waals surface area contributed by atoms with Crippen molar-refractivity contribution in [1.82, 2.24) is 14.8 Å². The number of thioether (sulfide) groups is 1. The largest absolute Gasteiger partial charge is 0.481 e. The lowest BCUT2D eigenvalue weighted by molar-refractivity contribution is -0.133. The van der Waals surface area contributed by atoms with Crippen LogP contribution in [0.25, 0.3) is 5.69 Å². The molecule has 1 aromatic carbocycles. The summed E-state index contributed by atoms with van der Waals surface area (Å²) < 4.78 is 1.90. The number of carboxylic acids is 1. The van der Waals surface area contributed by atoms with E-state index in [0.29, 0.717) is 5.16 Å². The van der Waals surface area contributed by atoms with Crippen molar-refractivity contribution in [2.24, 2.45) is 0 Å². The minimum absolute atomic E-state index is 0.00623. The van der Waals surface area contributed by atoms with Gasteiger partial charge in [0.25, 0.3) is 0 Å². The molecule has 0 aliphatic heterocycles. The molecule has 1 N–H and O–H groups in total. The summed E-state index contributed by atoms with van der Waals surface area (Å²) in [5.41, 5.74) is 3.81. The Labute approximate surface area is 121 Å². The number of fused-ring (bicyclic) bond motifs is 1. The maximum Gasteiger partial charge on any atom is 0.313 e. The topological polar surface area (TPSA) is 68.0 Å². The molecule has 5 nitrogen and oxygen atoms in total. The van der Waals surface area contributed by atoms with Crippen molar-refractivity contribution in [2.45, 2.75) is 30.8 Å². The van der Waals surface area contributed by atoms with E-state index in [2.05, 4.69) is 22.3 Å². The van der Waals surface area contributed by atoms with Gasteiger partial charge in [0.1, 0.15) is 6.33 Å². The van der Waals surface area contributed by atoms with Crippen LogP contribution in [0.15, 0.2) is 29.7 Å². The van der Waals surface area contributed by atoms with Gasteiger partial charge in [-0.1, -0.05) is 23.9 Å².